The summed E-state index contributed by atoms with van der Waals surface area (Å²) in [5, 5.41) is 0. The van der Waals surface area contributed by atoms with Crippen LogP contribution in [0.25, 0.3) is 134 Å². The van der Waals surface area contributed by atoms with Gasteiger partial charge in [-0.3, -0.25) is 0 Å². The zero-order chi connectivity index (χ0) is 111. The molecule has 0 spiro atoms. The molecule has 0 N–H and O–H groups in total. The second-order valence-electron chi connectivity index (χ2n) is 33.0. The second-order valence-corrected chi connectivity index (χ2v) is 33.0. The van der Waals surface area contributed by atoms with Crippen molar-refractivity contribution in [2.24, 2.45) is 0 Å². The Bertz CT molecular complexity index is 7500. The van der Waals surface area contributed by atoms with Crippen LogP contribution in [0.3, 0.4) is 0 Å². The first-order valence-corrected chi connectivity index (χ1v) is 46.9. The largest absolute Gasteiger partial charge is 0.305 e. The van der Waals surface area contributed by atoms with E-state index in [-0.39, 0.29) is 122 Å². The van der Waals surface area contributed by atoms with Gasteiger partial charge in [0.2, 0.25) is 0 Å². The number of hydrogen-bond donors (Lipinski definition) is 0. The Morgan fingerprint density at radius 1 is 0.168 bits per heavy atom. The minimum Gasteiger partial charge on any atom is -0.305 e. The number of benzene rings is 17. The summed E-state index contributed by atoms with van der Waals surface area (Å²) in [5.41, 5.74) is 33.8. The first kappa shape index (κ1) is 102. The third-order valence-electron chi connectivity index (χ3n) is 22.2. The number of hydrogen-bond acceptors (Lipinski definition) is 5. The fourth-order valence-electron chi connectivity index (χ4n) is 13.9. The monoisotopic (exact) mass is 2840 g/mol. The zero-order valence-electron chi connectivity index (χ0n) is 95.2. The molecule has 22 aromatic rings. The fourth-order valence-corrected chi connectivity index (χ4v) is 13.9. The molecule has 0 bridgehead atoms. The van der Waals surface area contributed by atoms with Crippen LogP contribution < -0.4 is 0 Å². The van der Waals surface area contributed by atoms with Crippen LogP contribution in [-0.4, -0.2) is 24.9 Å². The average molecular weight is 2840 g/mol. The van der Waals surface area contributed by atoms with Gasteiger partial charge in [0.15, 0.2) is 0 Å². The van der Waals surface area contributed by atoms with E-state index in [2.05, 4.69) is 224 Å². The molecule has 0 amide bonds. The second kappa shape index (κ2) is 65.6. The van der Waals surface area contributed by atoms with Crippen LogP contribution in [0, 0.1) is 174 Å². The Balaban J connectivity index is 0.000000217. The molecule has 0 radical (unpaired) electrons. The first-order valence-electron chi connectivity index (χ1n) is 52.9. The van der Waals surface area contributed by atoms with Gasteiger partial charge < -0.3 is 24.9 Å². The molecule has 10 heteroatoms. The maximum absolute atomic E-state index is 7.77. The fraction of sp³-hybridized carbons (Fsp3) is 0.0863. The third kappa shape index (κ3) is 39.8. The number of aromatic nitrogens is 5. The van der Waals surface area contributed by atoms with E-state index in [9.17, 15) is 0 Å². The summed E-state index contributed by atoms with van der Waals surface area (Å²) in [6, 6.07) is 185. The van der Waals surface area contributed by atoms with Crippen LogP contribution in [0.5, 0.6) is 0 Å². The van der Waals surface area contributed by atoms with Crippen molar-refractivity contribution in [3.8, 4) is 134 Å². The Morgan fingerprint density at radius 3 is 0.725 bits per heavy atom. The molecule has 758 valence electrons. The Hall–Kier alpha value is -14.1. The van der Waals surface area contributed by atoms with E-state index >= 15 is 0 Å². The summed E-state index contributed by atoms with van der Waals surface area (Å²) in [7, 11) is 0. The van der Waals surface area contributed by atoms with Crippen molar-refractivity contribution in [2.75, 3.05) is 0 Å². The molecule has 5 heterocycles. The van der Waals surface area contributed by atoms with Crippen molar-refractivity contribution in [3.05, 3.63) is 619 Å². The predicted molar refractivity (Wildman–Crippen MR) is 598 cm³/mol. The van der Waals surface area contributed by atoms with Gasteiger partial charge in [-0.25, -0.2) is 55.6 Å². The van der Waals surface area contributed by atoms with Gasteiger partial charge in [-0.05, 0) is 136 Å². The zero-order valence-corrected chi connectivity index (χ0v) is 94.6. The van der Waals surface area contributed by atoms with E-state index in [4.69, 9.17) is 16.4 Å². The minimum atomic E-state index is -2.20. The van der Waals surface area contributed by atoms with E-state index < -0.39 is 27.4 Å². The quantitative estimate of drug-likeness (QED) is 0.114. The van der Waals surface area contributed by atoms with Crippen molar-refractivity contribution in [3.63, 3.8) is 0 Å². The minimum absolute atomic E-state index is 0. The molecule has 5 aromatic heterocycles. The van der Waals surface area contributed by atoms with Crippen LogP contribution in [0.1, 0.15) is 83.2 Å². The maximum Gasteiger partial charge on any atom is 0.0280 e. The first-order chi connectivity index (χ1) is 75.2. The van der Waals surface area contributed by atoms with Crippen molar-refractivity contribution in [1.29, 1.82) is 0 Å². The number of pyridine rings is 5. The van der Waals surface area contributed by atoms with E-state index in [0.717, 1.165) is 112 Å². The Labute approximate surface area is 974 Å². The molecule has 0 saturated carbocycles. The van der Waals surface area contributed by atoms with Crippen molar-refractivity contribution in [2.45, 2.75) is 82.8 Å². The van der Waals surface area contributed by atoms with Crippen molar-refractivity contribution >= 4 is 0 Å². The Kier molecular flexibility index (Phi) is 45.0. The molecule has 0 saturated heterocycles. The summed E-state index contributed by atoms with van der Waals surface area (Å²) in [4.78, 5) is 21.5. The van der Waals surface area contributed by atoms with E-state index in [1.807, 2.05) is 341 Å². The Morgan fingerprint density at radius 2 is 0.430 bits per heavy atom. The summed E-state index contributed by atoms with van der Waals surface area (Å²) in [6.07, 6.45) is 8.50. The van der Waals surface area contributed by atoms with Crippen LogP contribution in [0.15, 0.2) is 462 Å². The molecule has 5 nitrogen and oxygen atoms in total. The van der Waals surface area contributed by atoms with Gasteiger partial charge in [0, 0.05) is 153 Å². The van der Waals surface area contributed by atoms with Crippen molar-refractivity contribution in [1.82, 2.24) is 24.9 Å². The van der Waals surface area contributed by atoms with E-state index in [0.29, 0.717) is 27.9 Å². The normalized spacial score (nSPS) is 11.3. The third-order valence-corrected chi connectivity index (χ3v) is 22.2. The molecular formula is C139H112N5Pt5-15. The summed E-state index contributed by atoms with van der Waals surface area (Å²) in [5.74, 6) is 0. The molecule has 17 aromatic carbocycles. The van der Waals surface area contributed by atoms with Gasteiger partial charge >= 0.3 is 0 Å². The van der Waals surface area contributed by atoms with Crippen LogP contribution >= 0.6 is 0 Å². The van der Waals surface area contributed by atoms with Gasteiger partial charge in [-0.15, -0.1) is 244 Å². The summed E-state index contributed by atoms with van der Waals surface area (Å²) in [6.45, 7) is 7.71. The van der Waals surface area contributed by atoms with Gasteiger partial charge in [-0.1, -0.05) is 133 Å². The molecule has 0 aliphatic carbocycles. The molecule has 0 fully saturated rings. The molecular weight excluding hydrogens is 2710 g/mol. The molecule has 22 rings (SSSR count). The number of aryl methyl sites for hydroxylation is 12. The van der Waals surface area contributed by atoms with E-state index in [1.54, 1.807) is 31.3 Å². The molecule has 149 heavy (non-hydrogen) atoms. The number of nitrogens with zero attached hydrogens (tertiary/aromatic N) is 5. The van der Waals surface area contributed by atoms with Crippen LogP contribution in [0.2, 0.25) is 0 Å². The number of rotatable bonds is 12. The average Bonchev–Trinajstić information content (AvgIpc) is 0.784. The van der Waals surface area contributed by atoms with Crippen LogP contribution in [-0.2, 0) is 105 Å². The molecule has 0 aliphatic heterocycles. The van der Waals surface area contributed by atoms with Crippen LogP contribution in [0.4, 0.5) is 0 Å². The standard InChI is InChI=1S/C19H16N.C19H14.C14H14N.C14H12.2C13H12N.3C12H8.C11H8N.5Pt/c1-14-8-10-16(11-9-14)18-12-19(20-13-15(18)2)17-6-4-3-5-7-17;1-15-10-12-17(13-11-15)19-9-5-8-18(14-19)16-6-3-2-4-7-16;1-10-4-6-13(7-5-10)14-8-11(2)12(3)9-15-14;1-11-3-7-13(8-4-11)14-9-5-12(2)6-10-14;2*1-10-8-13(14-9-11(10)2)12-6-4-3-5-7-12;3*1-3-7-11(8-4-1)12-9-5-2-6-10-12;1-2-6-10(7-3-1)11-8-4-5-9-12-11;;;;;/h3-6,8-13H,1-2H3;2-6,9-14H,1H3;4-6,8-9H,1-3H3;3-7,9H,1-2H3;2*3-6,8-9H,1-2H3;3*1-7,9H;1-6,8-9H;;;;;/q-1;-2;-1;-2;2*-1;3*-2;-1;;;;;/i2D3;;;1D3,2D3;2D3;;;;;;;;;;. The maximum atomic E-state index is 7.77. The van der Waals surface area contributed by atoms with Gasteiger partial charge in [0.25, 0.3) is 0 Å². The van der Waals surface area contributed by atoms with E-state index in [1.165, 1.54) is 81.2 Å². The smallest absolute Gasteiger partial charge is 0.0280 e. The SMILES string of the molecule is Cc1c[c-]c(-c2cc(C)c(C)cn2)cc1.Cc1ccc(-c2cc[c-]c(-c3[c-]cccc3)c2)cc1.Cc1cnc(-c2[c-]cccc2)cc1C.[2H]C([2H])([2H])c1c[c-]c(-c2[c-]cc(C([2H])([2H])[2H])cc2)cc1.[2H]C([2H])([2H])c1cnc(-c2[c-]cccc2)cc1-c1ccc(C)cc1.[2H]C([2H])([2H])c1cnc(-c2[c-]cccc2)cc1C.[Pt].[Pt].[Pt].[Pt].[Pt].[c-]1ccccc1-c1[c-]cccc1.[c-]1ccccc1-c1[c-]cccc1.[c-]1ccccc1-c1[c-]cccc1.[c-]1ccccc1-c1ccccn1. The summed E-state index contributed by atoms with van der Waals surface area (Å²) < 4.78 is 89.1. The molecule has 0 aliphatic rings. The molecule has 0 unspecified atom stereocenters. The predicted octanol–water partition coefficient (Wildman–Crippen LogP) is 34.5. The van der Waals surface area contributed by atoms with Crippen molar-refractivity contribution < 1.29 is 122 Å². The van der Waals surface area contributed by atoms with Gasteiger partial charge in [0.1, 0.15) is 0 Å². The summed E-state index contributed by atoms with van der Waals surface area (Å²) >= 11 is 0. The topological polar surface area (TPSA) is 64.5 Å². The van der Waals surface area contributed by atoms with Gasteiger partial charge in [-0.2, -0.15) is 237 Å². The van der Waals surface area contributed by atoms with Gasteiger partial charge in [0.05, 0.1) is 0 Å². The molecule has 0 atom stereocenters.